The first-order valence-corrected chi connectivity index (χ1v) is 7.42. The van der Waals surface area contributed by atoms with Gasteiger partial charge in [0.15, 0.2) is 0 Å². The van der Waals surface area contributed by atoms with Gasteiger partial charge in [0.2, 0.25) is 5.91 Å². The largest absolute Gasteiger partial charge is 0.334 e. The molecule has 1 saturated heterocycles. The number of imide groups is 1. The van der Waals surface area contributed by atoms with Gasteiger partial charge >= 0.3 is 6.03 Å². The first-order chi connectivity index (χ1) is 10.7. The van der Waals surface area contributed by atoms with Crippen LogP contribution in [0.3, 0.4) is 0 Å². The molecular weight excluding hydrogens is 276 g/mol. The number of carbonyl (C=O) groups excluding carboxylic acids is 2. The molecule has 0 unspecified atom stereocenters. The van der Waals surface area contributed by atoms with Gasteiger partial charge in [-0.15, -0.1) is 0 Å². The van der Waals surface area contributed by atoms with Gasteiger partial charge in [-0.25, -0.2) is 4.79 Å². The number of likely N-dealkylation sites (tertiary alicyclic amines) is 1. The van der Waals surface area contributed by atoms with Crippen molar-refractivity contribution in [3.8, 4) is 0 Å². The fourth-order valence-corrected chi connectivity index (χ4v) is 2.67. The summed E-state index contributed by atoms with van der Waals surface area (Å²) in [5.74, 6) is -0.105. The highest BCUT2D eigenvalue weighted by Gasteiger charge is 2.40. The summed E-state index contributed by atoms with van der Waals surface area (Å²) in [7, 11) is 0. The molecule has 0 aliphatic carbocycles. The van der Waals surface area contributed by atoms with Crippen LogP contribution < -0.4 is 5.32 Å². The van der Waals surface area contributed by atoms with E-state index in [1.54, 1.807) is 0 Å². The van der Waals surface area contributed by atoms with Crippen molar-refractivity contribution in [1.29, 1.82) is 0 Å². The van der Waals surface area contributed by atoms with Crippen molar-refractivity contribution in [1.82, 2.24) is 10.2 Å². The van der Waals surface area contributed by atoms with Crippen molar-refractivity contribution in [3.05, 3.63) is 71.8 Å². The predicted molar refractivity (Wildman–Crippen MR) is 84.1 cm³/mol. The van der Waals surface area contributed by atoms with Crippen LogP contribution in [0.25, 0.3) is 0 Å². The van der Waals surface area contributed by atoms with Gasteiger partial charge in [0.25, 0.3) is 0 Å². The Hall–Kier alpha value is -2.62. The third-order valence-corrected chi connectivity index (χ3v) is 3.86. The van der Waals surface area contributed by atoms with Gasteiger partial charge in [-0.1, -0.05) is 60.7 Å². The molecule has 0 bridgehead atoms. The van der Waals surface area contributed by atoms with Crippen molar-refractivity contribution in [2.75, 3.05) is 0 Å². The minimum absolute atomic E-state index is 0.0364. The van der Waals surface area contributed by atoms with Gasteiger partial charge in [-0.3, -0.25) is 9.69 Å². The van der Waals surface area contributed by atoms with E-state index in [1.807, 2.05) is 60.7 Å². The van der Waals surface area contributed by atoms with Crippen molar-refractivity contribution in [2.45, 2.75) is 25.4 Å². The lowest BCUT2D eigenvalue weighted by Gasteiger charge is -2.38. The number of hydrogen-bond acceptors (Lipinski definition) is 2. The van der Waals surface area contributed by atoms with Crippen LogP contribution in [0.4, 0.5) is 4.79 Å². The SMILES string of the molecule is O=C1C[C@H](Cc2ccccc2)N1C(=O)NCc1ccccc1. The van der Waals surface area contributed by atoms with Crippen LogP contribution in [0.2, 0.25) is 0 Å². The average Bonchev–Trinajstić information content (AvgIpc) is 2.54. The van der Waals surface area contributed by atoms with Crippen LogP contribution in [0.1, 0.15) is 17.5 Å². The van der Waals surface area contributed by atoms with Crippen LogP contribution in [0, 0.1) is 0 Å². The van der Waals surface area contributed by atoms with Crippen LogP contribution in [-0.2, 0) is 17.8 Å². The second-order valence-electron chi connectivity index (χ2n) is 5.46. The molecule has 1 atom stereocenters. The monoisotopic (exact) mass is 294 g/mol. The zero-order valence-electron chi connectivity index (χ0n) is 12.2. The maximum Gasteiger partial charge on any atom is 0.324 e. The number of nitrogens with zero attached hydrogens (tertiary/aromatic N) is 1. The van der Waals surface area contributed by atoms with E-state index >= 15 is 0 Å². The van der Waals surface area contributed by atoms with E-state index in [-0.39, 0.29) is 18.0 Å². The highest BCUT2D eigenvalue weighted by atomic mass is 16.2. The molecule has 0 saturated carbocycles. The summed E-state index contributed by atoms with van der Waals surface area (Å²) in [4.78, 5) is 25.3. The predicted octanol–water partition coefficient (Wildman–Crippen LogP) is 2.74. The van der Waals surface area contributed by atoms with Gasteiger partial charge in [0.1, 0.15) is 0 Å². The van der Waals surface area contributed by atoms with Crippen molar-refractivity contribution in [2.24, 2.45) is 0 Å². The number of nitrogens with one attached hydrogen (secondary N) is 1. The van der Waals surface area contributed by atoms with Crippen molar-refractivity contribution >= 4 is 11.9 Å². The molecule has 22 heavy (non-hydrogen) atoms. The Morgan fingerprint density at radius 2 is 1.59 bits per heavy atom. The Balaban J connectivity index is 1.57. The third-order valence-electron chi connectivity index (χ3n) is 3.86. The maximum atomic E-state index is 12.2. The molecule has 1 aliphatic rings. The Morgan fingerprint density at radius 3 is 2.18 bits per heavy atom. The van der Waals surface area contributed by atoms with Gasteiger partial charge in [-0.05, 0) is 17.5 Å². The Morgan fingerprint density at radius 1 is 1.00 bits per heavy atom. The zero-order chi connectivity index (χ0) is 15.4. The van der Waals surface area contributed by atoms with E-state index in [4.69, 9.17) is 0 Å². The van der Waals surface area contributed by atoms with Gasteiger partial charge in [0.05, 0.1) is 6.04 Å². The highest BCUT2D eigenvalue weighted by Crippen LogP contribution is 2.23. The molecule has 0 aromatic heterocycles. The second kappa shape index (κ2) is 6.43. The molecule has 2 aromatic rings. The van der Waals surface area contributed by atoms with Crippen LogP contribution in [-0.4, -0.2) is 22.9 Å². The quantitative estimate of drug-likeness (QED) is 0.881. The highest BCUT2D eigenvalue weighted by molar-refractivity contribution is 5.99. The standard InChI is InChI=1S/C18H18N2O2/c21-17-12-16(11-14-7-3-1-4-8-14)20(17)18(22)19-13-15-9-5-2-6-10-15/h1-10,16H,11-13H2,(H,19,22)/t16-/m0/s1. The lowest BCUT2D eigenvalue weighted by Crippen LogP contribution is -2.59. The van der Waals surface area contributed by atoms with Gasteiger partial charge in [0, 0.05) is 13.0 Å². The van der Waals surface area contributed by atoms with Crippen LogP contribution in [0.15, 0.2) is 60.7 Å². The van der Waals surface area contributed by atoms with Crippen LogP contribution in [0.5, 0.6) is 0 Å². The molecule has 3 rings (SSSR count). The third kappa shape index (κ3) is 3.17. The molecule has 3 amide bonds. The van der Waals surface area contributed by atoms with E-state index in [2.05, 4.69) is 5.32 Å². The number of benzene rings is 2. The number of hydrogen-bond donors (Lipinski definition) is 1. The van der Waals surface area contributed by atoms with E-state index in [0.717, 1.165) is 11.1 Å². The Kier molecular flexibility index (Phi) is 4.19. The molecule has 0 spiro atoms. The Labute approximate surface area is 129 Å². The normalized spacial score (nSPS) is 17.0. The summed E-state index contributed by atoms with van der Waals surface area (Å²) in [6, 6.07) is 19.3. The number of urea groups is 1. The number of carbonyl (C=O) groups is 2. The lowest BCUT2D eigenvalue weighted by molar-refractivity contribution is -0.140. The second-order valence-corrected chi connectivity index (χ2v) is 5.46. The maximum absolute atomic E-state index is 12.2. The first kappa shape index (κ1) is 14.3. The van der Waals surface area contributed by atoms with E-state index in [1.165, 1.54) is 4.90 Å². The summed E-state index contributed by atoms with van der Waals surface area (Å²) >= 11 is 0. The van der Waals surface area contributed by atoms with Gasteiger partial charge in [-0.2, -0.15) is 0 Å². The Bertz CT molecular complexity index is 655. The molecule has 0 radical (unpaired) electrons. The summed E-state index contributed by atoms with van der Waals surface area (Å²) in [5.41, 5.74) is 2.16. The molecule has 1 aliphatic heterocycles. The number of rotatable bonds is 4. The minimum Gasteiger partial charge on any atom is -0.334 e. The van der Waals surface area contributed by atoms with Crippen molar-refractivity contribution < 1.29 is 9.59 Å². The zero-order valence-corrected chi connectivity index (χ0v) is 12.2. The van der Waals surface area contributed by atoms with Crippen LogP contribution >= 0.6 is 0 Å². The number of amides is 3. The molecular formula is C18H18N2O2. The molecule has 112 valence electrons. The average molecular weight is 294 g/mol. The molecule has 4 heteroatoms. The first-order valence-electron chi connectivity index (χ1n) is 7.42. The lowest BCUT2D eigenvalue weighted by atomic mass is 9.95. The summed E-state index contributed by atoms with van der Waals surface area (Å²) < 4.78 is 0. The summed E-state index contributed by atoms with van der Waals surface area (Å²) in [6.07, 6.45) is 1.15. The van der Waals surface area contributed by atoms with E-state index < -0.39 is 0 Å². The molecule has 1 N–H and O–H groups in total. The fourth-order valence-electron chi connectivity index (χ4n) is 2.67. The molecule has 1 fully saturated rings. The molecule has 4 nitrogen and oxygen atoms in total. The fraction of sp³-hybridized carbons (Fsp3) is 0.222. The van der Waals surface area contributed by atoms with Crippen molar-refractivity contribution in [3.63, 3.8) is 0 Å². The molecule has 2 aromatic carbocycles. The summed E-state index contributed by atoms with van der Waals surface area (Å²) in [6.45, 7) is 0.432. The topological polar surface area (TPSA) is 49.4 Å². The molecule has 1 heterocycles. The number of β-lactam (4-membered cyclic amide) rings is 1. The smallest absolute Gasteiger partial charge is 0.324 e. The summed E-state index contributed by atoms with van der Waals surface area (Å²) in [5, 5.41) is 2.81. The van der Waals surface area contributed by atoms with Gasteiger partial charge < -0.3 is 5.32 Å². The minimum atomic E-state index is -0.305. The van der Waals surface area contributed by atoms with E-state index in [9.17, 15) is 9.59 Å². The van der Waals surface area contributed by atoms with E-state index in [0.29, 0.717) is 19.4 Å².